The fourth-order valence-corrected chi connectivity index (χ4v) is 3.43. The first kappa shape index (κ1) is 14.5. The number of piperazine rings is 1. The van der Waals surface area contributed by atoms with Crippen LogP contribution in [-0.4, -0.2) is 57.6 Å². The number of rotatable bonds is 3. The molecule has 0 bridgehead atoms. The Balaban J connectivity index is 1.46. The molecule has 1 saturated carbocycles. The largest absolute Gasteiger partial charge is 0.333 e. The molecule has 1 aromatic heterocycles. The second kappa shape index (κ2) is 5.81. The number of nitrogens with one attached hydrogen (secondary N) is 1. The number of hydrogen-bond acceptors (Lipinski definition) is 3. The lowest BCUT2D eigenvalue weighted by atomic mass is 10.1. The quantitative estimate of drug-likeness (QED) is 0.947. The normalized spacial score (nSPS) is 22.3. The van der Waals surface area contributed by atoms with Crippen LogP contribution in [0.3, 0.4) is 0 Å². The van der Waals surface area contributed by atoms with Crippen LogP contribution in [0.4, 0.5) is 0 Å². The fraction of sp³-hybridized carbons (Fsp3) is 0.444. The number of nitrogens with zero attached hydrogens (tertiary/aromatic N) is 3. The van der Waals surface area contributed by atoms with Crippen LogP contribution in [0.2, 0.25) is 0 Å². The van der Waals surface area contributed by atoms with Crippen molar-refractivity contribution in [3.05, 3.63) is 42.1 Å². The van der Waals surface area contributed by atoms with Gasteiger partial charge in [-0.15, -0.1) is 0 Å². The van der Waals surface area contributed by atoms with Crippen LogP contribution in [-0.2, 0) is 0 Å². The van der Waals surface area contributed by atoms with E-state index in [0.29, 0.717) is 0 Å². The number of aromatic amines is 1. The molecular weight excluding hydrogens is 288 g/mol. The molecule has 2 aliphatic rings. The van der Waals surface area contributed by atoms with E-state index in [1.165, 1.54) is 12.8 Å². The number of carbonyl (C=O) groups is 1. The van der Waals surface area contributed by atoms with Crippen LogP contribution in [0.25, 0.3) is 11.3 Å². The van der Waals surface area contributed by atoms with E-state index in [1.54, 1.807) is 6.20 Å². The van der Waals surface area contributed by atoms with E-state index in [2.05, 4.69) is 22.0 Å². The molecule has 1 saturated heterocycles. The van der Waals surface area contributed by atoms with Crippen molar-refractivity contribution < 1.29 is 4.79 Å². The van der Waals surface area contributed by atoms with Gasteiger partial charge >= 0.3 is 0 Å². The number of H-pyrrole nitrogens is 1. The third-order valence-electron chi connectivity index (χ3n) is 4.93. The Hall–Kier alpha value is -2.14. The average molecular weight is 310 g/mol. The van der Waals surface area contributed by atoms with Gasteiger partial charge < -0.3 is 4.90 Å². The predicted octanol–water partition coefficient (Wildman–Crippen LogP) is 2.39. The smallest absolute Gasteiger partial charge is 0.254 e. The molecule has 23 heavy (non-hydrogen) atoms. The Kier molecular flexibility index (Phi) is 3.65. The number of carbonyl (C=O) groups excluding carboxylic acids is 1. The van der Waals surface area contributed by atoms with Gasteiger partial charge in [0.05, 0.1) is 5.69 Å². The highest BCUT2D eigenvalue weighted by atomic mass is 16.2. The standard InChI is InChI=1S/C18H22N4O/c1-13-12-21(16-6-7-16)10-11-22(13)18(23)15-4-2-14(3-5-15)17-8-9-19-20-17/h2-5,8-9,13,16H,6-7,10-12H2,1H3,(H,19,20). The first-order chi connectivity index (χ1) is 11.2. The summed E-state index contributed by atoms with van der Waals surface area (Å²) in [5.41, 5.74) is 2.78. The number of aromatic nitrogens is 2. The summed E-state index contributed by atoms with van der Waals surface area (Å²) in [6, 6.07) is 10.8. The number of hydrogen-bond donors (Lipinski definition) is 1. The lowest BCUT2D eigenvalue weighted by Crippen LogP contribution is -2.54. The molecule has 1 aliphatic carbocycles. The minimum Gasteiger partial charge on any atom is -0.333 e. The minimum atomic E-state index is 0.143. The lowest BCUT2D eigenvalue weighted by Gasteiger charge is -2.40. The van der Waals surface area contributed by atoms with E-state index in [0.717, 1.165) is 42.5 Å². The summed E-state index contributed by atoms with van der Waals surface area (Å²) in [7, 11) is 0. The number of amides is 1. The third-order valence-corrected chi connectivity index (χ3v) is 4.93. The van der Waals surface area contributed by atoms with Gasteiger partial charge in [0, 0.05) is 43.5 Å². The molecule has 5 heteroatoms. The van der Waals surface area contributed by atoms with Gasteiger partial charge in [-0.3, -0.25) is 14.8 Å². The first-order valence-corrected chi connectivity index (χ1v) is 8.37. The SMILES string of the molecule is CC1CN(C2CC2)CCN1C(=O)c1ccc(-c2ccn[nH]2)cc1. The van der Waals surface area contributed by atoms with Gasteiger partial charge in [0.1, 0.15) is 0 Å². The molecule has 1 aromatic carbocycles. The Morgan fingerprint density at radius 2 is 1.96 bits per heavy atom. The maximum absolute atomic E-state index is 12.8. The van der Waals surface area contributed by atoms with E-state index in [4.69, 9.17) is 0 Å². The lowest BCUT2D eigenvalue weighted by molar-refractivity contribution is 0.0474. The zero-order chi connectivity index (χ0) is 15.8. The summed E-state index contributed by atoms with van der Waals surface area (Å²) in [6.07, 6.45) is 4.39. The molecule has 0 spiro atoms. The summed E-state index contributed by atoms with van der Waals surface area (Å²) < 4.78 is 0. The molecular formula is C18H22N4O. The Labute approximate surface area is 136 Å². The van der Waals surface area contributed by atoms with E-state index in [1.807, 2.05) is 35.2 Å². The summed E-state index contributed by atoms with van der Waals surface area (Å²) >= 11 is 0. The summed E-state index contributed by atoms with van der Waals surface area (Å²) in [5.74, 6) is 0.143. The molecule has 4 rings (SSSR count). The van der Waals surface area contributed by atoms with Crippen LogP contribution in [0.5, 0.6) is 0 Å². The molecule has 2 aromatic rings. The Morgan fingerprint density at radius 3 is 2.57 bits per heavy atom. The van der Waals surface area contributed by atoms with Gasteiger partial charge in [-0.25, -0.2) is 0 Å². The molecule has 1 atom stereocenters. The molecule has 1 aliphatic heterocycles. The van der Waals surface area contributed by atoms with Gasteiger partial charge in [-0.2, -0.15) is 5.10 Å². The highest BCUT2D eigenvalue weighted by Crippen LogP contribution is 2.29. The van der Waals surface area contributed by atoms with Gasteiger partial charge in [0.15, 0.2) is 0 Å². The molecule has 120 valence electrons. The van der Waals surface area contributed by atoms with Crippen molar-refractivity contribution in [2.45, 2.75) is 31.8 Å². The predicted molar refractivity (Wildman–Crippen MR) is 89.1 cm³/mol. The highest BCUT2D eigenvalue weighted by Gasteiger charge is 2.35. The average Bonchev–Trinajstić information content (AvgIpc) is 3.29. The van der Waals surface area contributed by atoms with Gasteiger partial charge in [-0.1, -0.05) is 12.1 Å². The summed E-state index contributed by atoms with van der Waals surface area (Å²) in [4.78, 5) is 17.3. The number of benzene rings is 1. The van der Waals surface area contributed by atoms with Crippen molar-refractivity contribution in [1.29, 1.82) is 0 Å². The summed E-state index contributed by atoms with van der Waals surface area (Å²) in [5, 5.41) is 6.90. The van der Waals surface area contributed by atoms with Gasteiger partial charge in [0.25, 0.3) is 5.91 Å². The van der Waals surface area contributed by atoms with Crippen LogP contribution < -0.4 is 0 Å². The topological polar surface area (TPSA) is 52.2 Å². The highest BCUT2D eigenvalue weighted by molar-refractivity contribution is 5.95. The Bertz CT molecular complexity index is 676. The minimum absolute atomic E-state index is 0.143. The van der Waals surface area contributed by atoms with Crippen molar-refractivity contribution in [3.8, 4) is 11.3 Å². The molecule has 1 unspecified atom stereocenters. The van der Waals surface area contributed by atoms with Crippen molar-refractivity contribution in [1.82, 2.24) is 20.0 Å². The molecule has 1 amide bonds. The second-order valence-corrected chi connectivity index (χ2v) is 6.62. The van der Waals surface area contributed by atoms with Gasteiger partial charge in [-0.05, 0) is 43.5 Å². The summed E-state index contributed by atoms with van der Waals surface area (Å²) in [6.45, 7) is 5.00. The van der Waals surface area contributed by atoms with E-state index >= 15 is 0 Å². The maximum Gasteiger partial charge on any atom is 0.254 e. The molecule has 2 fully saturated rings. The first-order valence-electron chi connectivity index (χ1n) is 8.37. The maximum atomic E-state index is 12.8. The molecule has 5 nitrogen and oxygen atoms in total. The molecule has 1 N–H and O–H groups in total. The molecule has 0 radical (unpaired) electrons. The van der Waals surface area contributed by atoms with E-state index < -0.39 is 0 Å². The monoisotopic (exact) mass is 310 g/mol. The van der Waals surface area contributed by atoms with Crippen LogP contribution in [0, 0.1) is 0 Å². The zero-order valence-electron chi connectivity index (χ0n) is 13.4. The second-order valence-electron chi connectivity index (χ2n) is 6.62. The Morgan fingerprint density at radius 1 is 1.17 bits per heavy atom. The van der Waals surface area contributed by atoms with Crippen molar-refractivity contribution in [2.75, 3.05) is 19.6 Å². The van der Waals surface area contributed by atoms with E-state index in [9.17, 15) is 4.79 Å². The van der Waals surface area contributed by atoms with Crippen molar-refractivity contribution >= 4 is 5.91 Å². The zero-order valence-corrected chi connectivity index (χ0v) is 13.4. The van der Waals surface area contributed by atoms with E-state index in [-0.39, 0.29) is 11.9 Å². The molecule has 2 heterocycles. The van der Waals surface area contributed by atoms with Crippen LogP contribution >= 0.6 is 0 Å². The third kappa shape index (κ3) is 2.88. The fourth-order valence-electron chi connectivity index (χ4n) is 3.43. The van der Waals surface area contributed by atoms with Gasteiger partial charge in [0.2, 0.25) is 0 Å². The van der Waals surface area contributed by atoms with Crippen molar-refractivity contribution in [3.63, 3.8) is 0 Å². The van der Waals surface area contributed by atoms with Crippen LogP contribution in [0.15, 0.2) is 36.5 Å². The van der Waals surface area contributed by atoms with Crippen molar-refractivity contribution in [2.24, 2.45) is 0 Å². The van der Waals surface area contributed by atoms with Crippen LogP contribution in [0.1, 0.15) is 30.1 Å².